The molecule has 3 amide bonds. The molecule has 144 valence electrons. The van der Waals surface area contributed by atoms with Gasteiger partial charge in [0.1, 0.15) is 0 Å². The molecule has 0 saturated carbocycles. The van der Waals surface area contributed by atoms with Gasteiger partial charge in [-0.3, -0.25) is 14.4 Å². The molecule has 4 N–H and O–H groups in total. The van der Waals surface area contributed by atoms with E-state index in [1.807, 2.05) is 0 Å². The quantitative estimate of drug-likeness (QED) is 0.405. The van der Waals surface area contributed by atoms with Crippen molar-refractivity contribution >= 4 is 23.7 Å². The minimum atomic E-state index is -0.904. The molecule has 0 aromatic rings. The first-order chi connectivity index (χ1) is 11.9. The SMILES string of the molecule is CCCCCCCC(=O)N[C@H](CC(N)=O)C(=O)CCCNC(=O)OC. The third kappa shape index (κ3) is 12.9. The Balaban J connectivity index is 4.24. The van der Waals surface area contributed by atoms with Gasteiger partial charge < -0.3 is 21.1 Å². The number of ether oxygens (including phenoxy) is 1. The Morgan fingerprint density at radius 3 is 2.28 bits per heavy atom. The smallest absolute Gasteiger partial charge is 0.406 e. The molecule has 0 radical (unpaired) electrons. The molecular formula is C17H31N3O5. The molecule has 0 saturated heterocycles. The van der Waals surface area contributed by atoms with Crippen LogP contribution in [0, 0.1) is 0 Å². The summed E-state index contributed by atoms with van der Waals surface area (Å²) in [5.74, 6) is -1.16. The van der Waals surface area contributed by atoms with E-state index in [1.165, 1.54) is 7.11 Å². The highest BCUT2D eigenvalue weighted by Crippen LogP contribution is 2.06. The predicted molar refractivity (Wildman–Crippen MR) is 93.8 cm³/mol. The number of hydrogen-bond donors (Lipinski definition) is 3. The van der Waals surface area contributed by atoms with Crippen LogP contribution in [0.1, 0.15) is 64.7 Å². The Kier molecular flexibility index (Phi) is 13.0. The second-order valence-electron chi connectivity index (χ2n) is 5.94. The van der Waals surface area contributed by atoms with Crippen LogP contribution < -0.4 is 16.4 Å². The maximum Gasteiger partial charge on any atom is 0.406 e. The van der Waals surface area contributed by atoms with Crippen LogP contribution in [0.15, 0.2) is 0 Å². The number of ketones is 1. The largest absolute Gasteiger partial charge is 0.453 e. The Bertz CT molecular complexity index is 440. The number of amides is 3. The van der Waals surface area contributed by atoms with Gasteiger partial charge in [-0.25, -0.2) is 4.79 Å². The number of nitrogens with two attached hydrogens (primary N) is 1. The van der Waals surface area contributed by atoms with E-state index in [4.69, 9.17) is 5.73 Å². The van der Waals surface area contributed by atoms with Crippen molar-refractivity contribution in [2.24, 2.45) is 5.73 Å². The molecule has 0 spiro atoms. The van der Waals surface area contributed by atoms with Crippen LogP contribution in [-0.2, 0) is 19.1 Å². The number of nitrogens with one attached hydrogen (secondary N) is 2. The highest BCUT2D eigenvalue weighted by Gasteiger charge is 2.22. The molecule has 0 bridgehead atoms. The lowest BCUT2D eigenvalue weighted by Crippen LogP contribution is -2.43. The first kappa shape index (κ1) is 22.9. The van der Waals surface area contributed by atoms with Crippen LogP contribution in [0.25, 0.3) is 0 Å². The average molecular weight is 357 g/mol. The van der Waals surface area contributed by atoms with Crippen molar-refractivity contribution < 1.29 is 23.9 Å². The molecule has 25 heavy (non-hydrogen) atoms. The van der Waals surface area contributed by atoms with Gasteiger partial charge in [-0.1, -0.05) is 32.6 Å². The van der Waals surface area contributed by atoms with Crippen LogP contribution in [0.3, 0.4) is 0 Å². The first-order valence-corrected chi connectivity index (χ1v) is 8.82. The molecule has 0 aliphatic carbocycles. The number of Topliss-reactive ketones (excluding diaryl/α,β-unsaturated/α-hetero) is 1. The number of rotatable bonds is 14. The number of alkyl carbamates (subject to hydrolysis) is 1. The monoisotopic (exact) mass is 357 g/mol. The predicted octanol–water partition coefficient (Wildman–Crippen LogP) is 1.41. The van der Waals surface area contributed by atoms with Crippen molar-refractivity contribution in [1.82, 2.24) is 10.6 Å². The molecule has 0 fully saturated rings. The van der Waals surface area contributed by atoms with E-state index in [1.54, 1.807) is 0 Å². The topological polar surface area (TPSA) is 128 Å². The normalized spacial score (nSPS) is 11.4. The summed E-state index contributed by atoms with van der Waals surface area (Å²) in [6, 6.07) is -0.904. The number of carbonyl (C=O) groups is 4. The van der Waals surface area contributed by atoms with Crippen molar-refractivity contribution in [3.63, 3.8) is 0 Å². The number of unbranched alkanes of at least 4 members (excludes halogenated alkanes) is 4. The summed E-state index contributed by atoms with van der Waals surface area (Å²) in [7, 11) is 1.25. The molecule has 0 aromatic carbocycles. The van der Waals surface area contributed by atoms with Crippen molar-refractivity contribution in [2.75, 3.05) is 13.7 Å². The van der Waals surface area contributed by atoms with Gasteiger partial charge in [0.15, 0.2) is 5.78 Å². The van der Waals surface area contributed by atoms with E-state index in [-0.39, 0.29) is 31.1 Å². The van der Waals surface area contributed by atoms with E-state index in [9.17, 15) is 19.2 Å². The van der Waals surface area contributed by atoms with E-state index in [0.29, 0.717) is 12.8 Å². The van der Waals surface area contributed by atoms with Crippen LogP contribution in [0.2, 0.25) is 0 Å². The Morgan fingerprint density at radius 2 is 1.68 bits per heavy atom. The first-order valence-electron chi connectivity index (χ1n) is 8.82. The standard InChI is InChI=1S/C17H31N3O5/c1-3-4-5-6-7-10-16(23)20-13(12-15(18)22)14(21)9-8-11-19-17(24)25-2/h13H,3-12H2,1-2H3,(H2,18,22)(H,19,24)(H,20,23)/t13-/m1/s1. The molecular weight excluding hydrogens is 326 g/mol. The zero-order valence-electron chi connectivity index (χ0n) is 15.3. The molecule has 8 heteroatoms. The molecule has 0 aliphatic rings. The van der Waals surface area contributed by atoms with Crippen LogP contribution >= 0.6 is 0 Å². The molecule has 0 aromatic heterocycles. The Hall–Kier alpha value is -2.12. The van der Waals surface area contributed by atoms with Gasteiger partial charge in [0, 0.05) is 19.4 Å². The van der Waals surface area contributed by atoms with Crippen LogP contribution in [-0.4, -0.2) is 43.4 Å². The van der Waals surface area contributed by atoms with Crippen LogP contribution in [0.5, 0.6) is 0 Å². The zero-order valence-corrected chi connectivity index (χ0v) is 15.3. The molecule has 1 atom stereocenters. The summed E-state index contributed by atoms with van der Waals surface area (Å²) in [4.78, 5) is 46.2. The van der Waals surface area contributed by atoms with Gasteiger partial charge in [0.05, 0.1) is 19.6 Å². The molecule has 0 aliphatic heterocycles. The Labute approximate surface area is 149 Å². The van der Waals surface area contributed by atoms with Crippen molar-refractivity contribution in [3.05, 3.63) is 0 Å². The number of primary amides is 1. The number of carbonyl (C=O) groups excluding carboxylic acids is 4. The molecule has 8 nitrogen and oxygen atoms in total. The number of methoxy groups -OCH3 is 1. The maximum atomic E-state index is 12.2. The van der Waals surface area contributed by atoms with Gasteiger partial charge in [0.2, 0.25) is 11.8 Å². The average Bonchev–Trinajstić information content (AvgIpc) is 2.57. The minimum absolute atomic E-state index is 0.124. The fraction of sp³-hybridized carbons (Fsp3) is 0.765. The molecule has 0 unspecified atom stereocenters. The fourth-order valence-electron chi connectivity index (χ4n) is 2.30. The number of hydrogen-bond acceptors (Lipinski definition) is 5. The van der Waals surface area contributed by atoms with E-state index < -0.39 is 18.0 Å². The van der Waals surface area contributed by atoms with Crippen molar-refractivity contribution in [3.8, 4) is 0 Å². The summed E-state index contributed by atoms with van der Waals surface area (Å²) in [5, 5.41) is 5.06. The van der Waals surface area contributed by atoms with Crippen LogP contribution in [0.4, 0.5) is 4.79 Å². The summed E-state index contributed by atoms with van der Waals surface area (Å²) in [5.41, 5.74) is 5.16. The van der Waals surface area contributed by atoms with E-state index in [0.717, 1.165) is 32.1 Å². The van der Waals surface area contributed by atoms with Gasteiger partial charge in [-0.15, -0.1) is 0 Å². The highest BCUT2D eigenvalue weighted by atomic mass is 16.5. The summed E-state index contributed by atoms with van der Waals surface area (Å²) in [6.45, 7) is 2.39. The minimum Gasteiger partial charge on any atom is -0.453 e. The molecule has 0 heterocycles. The maximum absolute atomic E-state index is 12.2. The van der Waals surface area contributed by atoms with Gasteiger partial charge in [-0.2, -0.15) is 0 Å². The van der Waals surface area contributed by atoms with Crippen molar-refractivity contribution in [1.29, 1.82) is 0 Å². The highest BCUT2D eigenvalue weighted by molar-refractivity contribution is 5.92. The lowest BCUT2D eigenvalue weighted by molar-refractivity contribution is -0.130. The molecule has 0 rings (SSSR count). The van der Waals surface area contributed by atoms with Gasteiger partial charge in [0.25, 0.3) is 0 Å². The van der Waals surface area contributed by atoms with Crippen molar-refractivity contribution in [2.45, 2.75) is 70.8 Å². The zero-order chi connectivity index (χ0) is 19.1. The summed E-state index contributed by atoms with van der Waals surface area (Å²) >= 11 is 0. The summed E-state index contributed by atoms with van der Waals surface area (Å²) in [6.07, 6.45) is 5.13. The second kappa shape index (κ2) is 14.2. The third-order valence-corrected chi connectivity index (χ3v) is 3.69. The van der Waals surface area contributed by atoms with Gasteiger partial charge >= 0.3 is 6.09 Å². The fourth-order valence-corrected chi connectivity index (χ4v) is 2.30. The Morgan fingerprint density at radius 1 is 1.00 bits per heavy atom. The second-order valence-corrected chi connectivity index (χ2v) is 5.94. The van der Waals surface area contributed by atoms with Gasteiger partial charge in [-0.05, 0) is 12.8 Å². The van der Waals surface area contributed by atoms with E-state index in [2.05, 4.69) is 22.3 Å². The van der Waals surface area contributed by atoms with E-state index >= 15 is 0 Å². The lowest BCUT2D eigenvalue weighted by atomic mass is 10.0. The third-order valence-electron chi connectivity index (χ3n) is 3.69. The summed E-state index contributed by atoms with van der Waals surface area (Å²) < 4.78 is 4.42. The lowest BCUT2D eigenvalue weighted by Gasteiger charge is -2.16.